The Morgan fingerprint density at radius 2 is 2.33 bits per heavy atom. The zero-order valence-electron chi connectivity index (χ0n) is 8.44. The minimum Gasteiger partial charge on any atom is -0.271 e. The van der Waals surface area contributed by atoms with Gasteiger partial charge < -0.3 is 0 Å². The summed E-state index contributed by atoms with van der Waals surface area (Å²) in [6, 6.07) is 8.59. The Hall–Kier alpha value is -1.16. The smallest absolute Gasteiger partial charge is 0.0508 e. The summed E-state index contributed by atoms with van der Waals surface area (Å²) in [5.41, 5.74) is 4.09. The van der Waals surface area contributed by atoms with Gasteiger partial charge in [0.15, 0.2) is 0 Å². The Morgan fingerprint density at radius 1 is 1.47 bits per heavy atom. The molecule has 78 valence electrons. The molecule has 0 fully saturated rings. The van der Waals surface area contributed by atoms with Crippen LogP contribution in [0, 0.1) is 0 Å². The fourth-order valence-corrected chi connectivity index (χ4v) is 2.71. The zero-order valence-corrected chi connectivity index (χ0v) is 9.26. The van der Waals surface area contributed by atoms with E-state index in [0.29, 0.717) is 0 Å². The van der Waals surface area contributed by atoms with Gasteiger partial charge in [0.2, 0.25) is 0 Å². The highest BCUT2D eigenvalue weighted by molar-refractivity contribution is 7.17. The van der Waals surface area contributed by atoms with Gasteiger partial charge in [-0.3, -0.25) is 11.3 Å². The third kappa shape index (κ3) is 1.95. The van der Waals surface area contributed by atoms with Crippen molar-refractivity contribution in [2.75, 3.05) is 0 Å². The third-order valence-corrected chi connectivity index (χ3v) is 3.47. The van der Waals surface area contributed by atoms with Gasteiger partial charge in [-0.05, 0) is 28.8 Å². The number of nitrogens with two attached hydrogens (primary N) is 1. The molecule has 0 saturated heterocycles. The van der Waals surface area contributed by atoms with E-state index in [1.165, 1.54) is 15.6 Å². The summed E-state index contributed by atoms with van der Waals surface area (Å²) in [6.07, 6.45) is 2.73. The van der Waals surface area contributed by atoms with E-state index in [1.54, 1.807) is 11.3 Å². The second-order valence-electron chi connectivity index (χ2n) is 3.43. The first-order valence-electron chi connectivity index (χ1n) is 4.90. The first kappa shape index (κ1) is 10.4. The molecule has 0 radical (unpaired) electrons. The summed E-state index contributed by atoms with van der Waals surface area (Å²) >= 11 is 1.75. The van der Waals surface area contributed by atoms with Gasteiger partial charge in [0, 0.05) is 4.70 Å². The molecule has 2 nitrogen and oxygen atoms in total. The third-order valence-electron chi connectivity index (χ3n) is 2.49. The van der Waals surface area contributed by atoms with Crippen LogP contribution < -0.4 is 11.3 Å². The van der Waals surface area contributed by atoms with Crippen LogP contribution in [-0.2, 0) is 0 Å². The molecular weight excluding hydrogens is 204 g/mol. The van der Waals surface area contributed by atoms with Crippen LogP contribution in [0.2, 0.25) is 0 Å². The van der Waals surface area contributed by atoms with Crippen molar-refractivity contribution in [3.63, 3.8) is 0 Å². The molecule has 0 spiro atoms. The molecule has 2 rings (SSSR count). The van der Waals surface area contributed by atoms with Gasteiger partial charge in [0.25, 0.3) is 0 Å². The molecule has 15 heavy (non-hydrogen) atoms. The van der Waals surface area contributed by atoms with E-state index in [0.717, 1.165) is 6.42 Å². The van der Waals surface area contributed by atoms with E-state index in [9.17, 15) is 0 Å². The highest BCUT2D eigenvalue weighted by Crippen LogP contribution is 2.30. The Kier molecular flexibility index (Phi) is 3.16. The molecule has 3 N–H and O–H groups in total. The maximum Gasteiger partial charge on any atom is 0.0508 e. The number of hydrazine groups is 1. The first-order valence-corrected chi connectivity index (χ1v) is 5.78. The van der Waals surface area contributed by atoms with Crippen LogP contribution in [0.3, 0.4) is 0 Å². The van der Waals surface area contributed by atoms with Crippen molar-refractivity contribution in [1.29, 1.82) is 0 Å². The summed E-state index contributed by atoms with van der Waals surface area (Å²) in [7, 11) is 0. The number of hydrogen-bond donors (Lipinski definition) is 2. The van der Waals surface area contributed by atoms with Gasteiger partial charge in [-0.1, -0.05) is 24.3 Å². The van der Waals surface area contributed by atoms with Crippen molar-refractivity contribution in [2.24, 2.45) is 5.84 Å². The molecule has 0 aliphatic carbocycles. The molecular formula is C12H14N2S. The van der Waals surface area contributed by atoms with Crippen molar-refractivity contribution in [3.8, 4) is 0 Å². The number of nitrogens with one attached hydrogen (secondary N) is 1. The van der Waals surface area contributed by atoms with Gasteiger partial charge in [-0.2, -0.15) is 0 Å². The van der Waals surface area contributed by atoms with Gasteiger partial charge in [-0.25, -0.2) is 0 Å². The van der Waals surface area contributed by atoms with Gasteiger partial charge in [0.05, 0.1) is 6.04 Å². The minimum absolute atomic E-state index is 0.157. The molecule has 1 aromatic carbocycles. The Balaban J connectivity index is 2.48. The topological polar surface area (TPSA) is 38.0 Å². The van der Waals surface area contributed by atoms with Gasteiger partial charge in [-0.15, -0.1) is 17.9 Å². The number of thiophene rings is 1. The highest BCUT2D eigenvalue weighted by Gasteiger charge is 2.11. The minimum atomic E-state index is 0.157. The predicted molar refractivity (Wildman–Crippen MR) is 66.7 cm³/mol. The first-order chi connectivity index (χ1) is 7.36. The highest BCUT2D eigenvalue weighted by atomic mass is 32.1. The summed E-state index contributed by atoms with van der Waals surface area (Å²) in [6.45, 7) is 3.75. The molecule has 0 saturated carbocycles. The van der Waals surface area contributed by atoms with Crippen LogP contribution in [0.4, 0.5) is 0 Å². The molecule has 0 aliphatic heterocycles. The fourth-order valence-electron chi connectivity index (χ4n) is 1.74. The number of rotatable bonds is 4. The van der Waals surface area contributed by atoms with Crippen LogP contribution in [0.25, 0.3) is 10.1 Å². The Morgan fingerprint density at radius 3 is 3.07 bits per heavy atom. The maximum absolute atomic E-state index is 5.56. The summed E-state index contributed by atoms with van der Waals surface area (Å²) in [5, 5.41) is 3.39. The molecule has 0 bridgehead atoms. The molecule has 1 unspecified atom stereocenters. The largest absolute Gasteiger partial charge is 0.271 e. The lowest BCUT2D eigenvalue weighted by molar-refractivity contribution is 0.566. The Bertz CT molecular complexity index is 461. The predicted octanol–water partition coefficient (Wildman–Crippen LogP) is 2.98. The average molecular weight is 218 g/mol. The molecule has 0 amide bonds. The number of hydrogen-bond acceptors (Lipinski definition) is 3. The normalized spacial score (nSPS) is 12.9. The van der Waals surface area contributed by atoms with Crippen molar-refractivity contribution in [3.05, 3.63) is 47.9 Å². The van der Waals surface area contributed by atoms with Crippen molar-refractivity contribution in [1.82, 2.24) is 5.43 Å². The lowest BCUT2D eigenvalue weighted by atomic mass is 10.0. The van der Waals surface area contributed by atoms with Crippen LogP contribution in [0.15, 0.2) is 42.3 Å². The second kappa shape index (κ2) is 4.57. The van der Waals surface area contributed by atoms with Crippen LogP contribution in [-0.4, -0.2) is 0 Å². The van der Waals surface area contributed by atoms with E-state index < -0.39 is 0 Å². The molecule has 1 aromatic heterocycles. The SMILES string of the molecule is C=CCC(NN)c1cccc2ccsc12. The Labute approximate surface area is 93.4 Å². The summed E-state index contributed by atoms with van der Waals surface area (Å²) in [4.78, 5) is 0. The average Bonchev–Trinajstić information content (AvgIpc) is 2.73. The molecule has 1 atom stereocenters. The van der Waals surface area contributed by atoms with Gasteiger partial charge >= 0.3 is 0 Å². The maximum atomic E-state index is 5.56. The number of fused-ring (bicyclic) bond motifs is 1. The van der Waals surface area contributed by atoms with Crippen molar-refractivity contribution < 1.29 is 0 Å². The lowest BCUT2D eigenvalue weighted by Gasteiger charge is -2.14. The van der Waals surface area contributed by atoms with E-state index in [2.05, 4.69) is 41.7 Å². The van der Waals surface area contributed by atoms with E-state index in [1.807, 2.05) is 6.08 Å². The monoisotopic (exact) mass is 218 g/mol. The van der Waals surface area contributed by atoms with Crippen molar-refractivity contribution in [2.45, 2.75) is 12.5 Å². The van der Waals surface area contributed by atoms with Gasteiger partial charge in [0.1, 0.15) is 0 Å². The van der Waals surface area contributed by atoms with Crippen LogP contribution >= 0.6 is 11.3 Å². The second-order valence-corrected chi connectivity index (χ2v) is 4.35. The molecule has 0 aliphatic rings. The lowest BCUT2D eigenvalue weighted by Crippen LogP contribution is -2.27. The molecule has 1 heterocycles. The fraction of sp³-hybridized carbons (Fsp3) is 0.167. The van der Waals surface area contributed by atoms with E-state index in [4.69, 9.17) is 5.84 Å². The van der Waals surface area contributed by atoms with Crippen LogP contribution in [0.1, 0.15) is 18.0 Å². The zero-order chi connectivity index (χ0) is 10.7. The van der Waals surface area contributed by atoms with Crippen LogP contribution in [0.5, 0.6) is 0 Å². The van der Waals surface area contributed by atoms with Crippen molar-refractivity contribution >= 4 is 21.4 Å². The van der Waals surface area contributed by atoms with E-state index >= 15 is 0 Å². The van der Waals surface area contributed by atoms with E-state index in [-0.39, 0.29) is 6.04 Å². The number of benzene rings is 1. The summed E-state index contributed by atoms with van der Waals surface area (Å²) in [5.74, 6) is 5.56. The molecule has 2 aromatic rings. The quantitative estimate of drug-likeness (QED) is 0.470. The standard InChI is InChI=1S/C12H14N2S/c1-2-4-11(14-13)10-6-3-5-9-7-8-15-12(9)10/h2-3,5-8,11,14H,1,4,13H2. The summed E-state index contributed by atoms with van der Waals surface area (Å²) < 4.78 is 1.31. The molecule has 3 heteroatoms.